The third kappa shape index (κ3) is 2.63. The average molecular weight is 252 g/mol. The quantitative estimate of drug-likeness (QED) is 0.618. The Balaban J connectivity index is 2.07. The number of nitrogens with two attached hydrogens (primary N) is 1. The molecule has 0 bridgehead atoms. The maximum Gasteiger partial charge on any atom is 0.161 e. The number of nitrogen functional groups attached to an aromatic ring is 1. The maximum absolute atomic E-state index is 5.60. The molecule has 17 heavy (non-hydrogen) atoms. The van der Waals surface area contributed by atoms with Gasteiger partial charge in [0, 0.05) is 11.5 Å². The van der Waals surface area contributed by atoms with Crippen LogP contribution in [0.15, 0.2) is 24.3 Å². The van der Waals surface area contributed by atoms with Crippen LogP contribution in [0.25, 0.3) is 0 Å². The first-order valence-electron chi connectivity index (χ1n) is 4.89. The van der Waals surface area contributed by atoms with Gasteiger partial charge in [-0.05, 0) is 12.1 Å². The molecule has 0 fully saturated rings. The molecule has 0 aliphatic heterocycles. The number of aromatic nitrogens is 2. The highest BCUT2D eigenvalue weighted by atomic mass is 32.1. The number of benzene rings is 1. The van der Waals surface area contributed by atoms with Crippen LogP contribution >= 0.6 is 11.5 Å². The van der Waals surface area contributed by atoms with E-state index >= 15 is 0 Å². The highest BCUT2D eigenvalue weighted by Crippen LogP contribution is 2.27. The summed E-state index contributed by atoms with van der Waals surface area (Å²) >= 11 is 1.19. The Morgan fingerprint density at radius 2 is 2.12 bits per heavy atom. The fourth-order valence-electron chi connectivity index (χ4n) is 1.30. The van der Waals surface area contributed by atoms with E-state index in [1.54, 1.807) is 7.11 Å². The largest absolute Gasteiger partial charge is 0.493 e. The minimum absolute atomic E-state index is 0.288. The molecule has 1 aromatic carbocycles. The van der Waals surface area contributed by atoms with E-state index in [0.717, 1.165) is 0 Å². The predicted molar refractivity (Wildman–Crippen MR) is 65.0 cm³/mol. The predicted octanol–water partition coefficient (Wildman–Crippen LogP) is 1.41. The summed E-state index contributed by atoms with van der Waals surface area (Å²) in [7, 11) is 1.60. The molecule has 0 saturated carbocycles. The first-order chi connectivity index (χ1) is 8.35. The lowest BCUT2D eigenvalue weighted by molar-refractivity contribution is 0.281. The molecule has 3 N–H and O–H groups in total. The van der Waals surface area contributed by atoms with Gasteiger partial charge in [0.25, 0.3) is 0 Å². The molecule has 0 unspecified atom stereocenters. The van der Waals surface area contributed by atoms with E-state index < -0.39 is 0 Å². The molecule has 0 aliphatic rings. The topological polar surface area (TPSA) is 82.3 Å². The summed E-state index contributed by atoms with van der Waals surface area (Å²) in [6.07, 6.45) is 0. The smallest absolute Gasteiger partial charge is 0.161 e. The van der Waals surface area contributed by atoms with E-state index in [4.69, 9.17) is 15.3 Å². The first kappa shape index (κ1) is 11.6. The molecule has 2 rings (SSSR count). The summed E-state index contributed by atoms with van der Waals surface area (Å²) in [5, 5.41) is 4.61. The number of ether oxygens (including phenoxy) is 2. The number of methoxy groups -OCH3 is 1. The fraction of sp³-hybridized carbons (Fsp3) is 0.200. The summed E-state index contributed by atoms with van der Waals surface area (Å²) < 4.78 is 14.6. The van der Waals surface area contributed by atoms with Crippen molar-refractivity contribution in [2.75, 3.05) is 12.5 Å². The van der Waals surface area contributed by atoms with Crippen LogP contribution in [0.3, 0.4) is 0 Å². The van der Waals surface area contributed by atoms with Crippen molar-refractivity contribution in [3.8, 4) is 11.5 Å². The normalized spacial score (nSPS) is 10.0. The Morgan fingerprint density at radius 3 is 2.82 bits per heavy atom. The second kappa shape index (κ2) is 5.46. The van der Waals surface area contributed by atoms with Crippen LogP contribution in [0.4, 0.5) is 5.00 Å². The van der Waals surface area contributed by atoms with Crippen molar-refractivity contribution in [1.29, 1.82) is 0 Å². The van der Waals surface area contributed by atoms with Gasteiger partial charge < -0.3 is 14.9 Å². The Labute approximate surface area is 102 Å². The zero-order chi connectivity index (χ0) is 12.1. The zero-order valence-electron chi connectivity index (χ0n) is 9.21. The third-order valence-electron chi connectivity index (χ3n) is 2.12. The monoisotopic (exact) mass is 252 g/mol. The van der Waals surface area contributed by atoms with E-state index in [1.165, 1.54) is 11.5 Å². The average Bonchev–Trinajstić information content (AvgIpc) is 2.84. The van der Waals surface area contributed by atoms with Crippen LogP contribution in [0, 0.1) is 0 Å². The van der Waals surface area contributed by atoms with Gasteiger partial charge in [0.2, 0.25) is 0 Å². The van der Waals surface area contributed by atoms with Crippen LogP contribution in [0.2, 0.25) is 0 Å². The molecule has 1 aromatic heterocycles. The Bertz CT molecular complexity index is 489. The highest BCUT2D eigenvalue weighted by molar-refractivity contribution is 7.10. The van der Waals surface area contributed by atoms with E-state index in [9.17, 15) is 0 Å². The molecule has 0 radical (unpaired) electrons. The van der Waals surface area contributed by atoms with Crippen LogP contribution in [0.5, 0.6) is 11.5 Å². The molecule has 0 saturated heterocycles. The number of rotatable bonds is 5. The summed E-state index contributed by atoms with van der Waals surface area (Å²) in [6, 6.07) is 7.41. The molecule has 7 heteroatoms. The molecule has 0 aliphatic carbocycles. The van der Waals surface area contributed by atoms with Gasteiger partial charge >= 0.3 is 0 Å². The van der Waals surface area contributed by atoms with Gasteiger partial charge in [-0.15, -0.1) is 5.10 Å². The number of anilines is 1. The molecule has 1 heterocycles. The fourth-order valence-corrected chi connectivity index (χ4v) is 1.78. The van der Waals surface area contributed by atoms with E-state index in [-0.39, 0.29) is 6.61 Å². The number of hydrogen-bond acceptors (Lipinski definition) is 7. The number of nitrogens with one attached hydrogen (secondary N) is 1. The number of hydrazine groups is 1. The van der Waals surface area contributed by atoms with Gasteiger partial charge in [0.15, 0.2) is 16.5 Å². The first-order valence-corrected chi connectivity index (χ1v) is 5.66. The molecule has 0 amide bonds. The van der Waals surface area contributed by atoms with Crippen LogP contribution in [-0.2, 0) is 6.61 Å². The lowest BCUT2D eigenvalue weighted by Crippen LogP contribution is -2.08. The van der Waals surface area contributed by atoms with Crippen molar-refractivity contribution in [2.45, 2.75) is 6.61 Å². The lowest BCUT2D eigenvalue weighted by atomic mass is 10.3. The summed E-state index contributed by atoms with van der Waals surface area (Å²) in [4.78, 5) is 0. The van der Waals surface area contributed by atoms with Crippen molar-refractivity contribution in [3.05, 3.63) is 30.0 Å². The minimum atomic E-state index is 0.288. The van der Waals surface area contributed by atoms with Crippen molar-refractivity contribution in [1.82, 2.24) is 9.59 Å². The van der Waals surface area contributed by atoms with E-state index in [0.29, 0.717) is 22.2 Å². The van der Waals surface area contributed by atoms with Gasteiger partial charge in [-0.2, -0.15) is 0 Å². The zero-order valence-corrected chi connectivity index (χ0v) is 10.0. The summed E-state index contributed by atoms with van der Waals surface area (Å²) in [5.41, 5.74) is 3.19. The van der Waals surface area contributed by atoms with Crippen LogP contribution < -0.4 is 20.7 Å². The third-order valence-corrected chi connectivity index (χ3v) is 2.82. The van der Waals surface area contributed by atoms with Gasteiger partial charge in [-0.3, -0.25) is 0 Å². The van der Waals surface area contributed by atoms with Gasteiger partial charge in [0.1, 0.15) is 12.3 Å². The summed E-state index contributed by atoms with van der Waals surface area (Å²) in [6.45, 7) is 0.288. The Hall–Kier alpha value is -1.86. The second-order valence-electron chi connectivity index (χ2n) is 3.13. The molecule has 90 valence electrons. The van der Waals surface area contributed by atoms with Crippen molar-refractivity contribution in [2.24, 2.45) is 5.84 Å². The van der Waals surface area contributed by atoms with Gasteiger partial charge in [-0.25, -0.2) is 5.84 Å². The molecule has 0 atom stereocenters. The maximum atomic E-state index is 5.60. The number of para-hydroxylation sites is 2. The van der Waals surface area contributed by atoms with Gasteiger partial charge in [-0.1, -0.05) is 16.6 Å². The van der Waals surface area contributed by atoms with E-state index in [2.05, 4.69) is 15.0 Å². The molecule has 6 nitrogen and oxygen atoms in total. The van der Waals surface area contributed by atoms with Crippen molar-refractivity contribution < 1.29 is 9.47 Å². The highest BCUT2D eigenvalue weighted by Gasteiger charge is 2.09. The Kier molecular flexibility index (Phi) is 3.73. The minimum Gasteiger partial charge on any atom is -0.493 e. The Morgan fingerprint density at radius 1 is 1.35 bits per heavy atom. The lowest BCUT2D eigenvalue weighted by Gasteiger charge is -2.09. The SMILES string of the molecule is COc1ccccc1OCc1nnsc1NN. The second-order valence-corrected chi connectivity index (χ2v) is 3.89. The summed E-state index contributed by atoms with van der Waals surface area (Å²) in [5.74, 6) is 6.66. The van der Waals surface area contributed by atoms with Crippen molar-refractivity contribution in [3.63, 3.8) is 0 Å². The number of nitrogens with zero attached hydrogens (tertiary/aromatic N) is 2. The van der Waals surface area contributed by atoms with E-state index in [1.807, 2.05) is 24.3 Å². The molecule has 2 aromatic rings. The van der Waals surface area contributed by atoms with Crippen LogP contribution in [-0.4, -0.2) is 16.7 Å². The molecular formula is C10H12N4O2S. The van der Waals surface area contributed by atoms with Crippen molar-refractivity contribution >= 4 is 16.5 Å². The standard InChI is InChI=1S/C10H12N4O2S/c1-15-8-4-2-3-5-9(8)16-6-7-10(12-11)17-14-13-7/h2-5,12H,6,11H2,1H3. The van der Waals surface area contributed by atoms with Gasteiger partial charge in [0.05, 0.1) is 7.11 Å². The number of hydrogen-bond donors (Lipinski definition) is 2. The molecular weight excluding hydrogens is 240 g/mol. The van der Waals surface area contributed by atoms with Crippen LogP contribution in [0.1, 0.15) is 5.69 Å². The molecule has 0 spiro atoms.